The molecule has 0 spiro atoms. The van der Waals surface area contributed by atoms with Crippen molar-refractivity contribution in [3.8, 4) is 0 Å². The van der Waals surface area contributed by atoms with Gasteiger partial charge < -0.3 is 10.0 Å². The monoisotopic (exact) mass is 265 g/mol. The molecule has 0 aromatic heterocycles. The van der Waals surface area contributed by atoms with Crippen LogP contribution in [0.25, 0.3) is 0 Å². The molecule has 0 heterocycles. The van der Waals surface area contributed by atoms with E-state index in [1.165, 1.54) is 18.9 Å². The summed E-state index contributed by atoms with van der Waals surface area (Å²) in [6, 6.07) is 4.91. The normalized spacial score (nSPS) is 15.3. The van der Waals surface area contributed by atoms with Crippen molar-refractivity contribution >= 4 is 12.6 Å². The molecule has 0 radical (unpaired) electrons. The van der Waals surface area contributed by atoms with Gasteiger partial charge in [-0.25, -0.2) is 4.39 Å². The minimum atomic E-state index is -1.62. The van der Waals surface area contributed by atoms with Gasteiger partial charge in [-0.15, -0.1) is 0 Å². The van der Waals surface area contributed by atoms with Gasteiger partial charge in [0.15, 0.2) is 0 Å². The van der Waals surface area contributed by atoms with Gasteiger partial charge in [0.25, 0.3) is 0 Å². The third-order valence-electron chi connectivity index (χ3n) is 3.33. The van der Waals surface area contributed by atoms with Gasteiger partial charge in [0.05, 0.1) is 0 Å². The maximum absolute atomic E-state index is 13.5. The zero-order valence-corrected chi connectivity index (χ0v) is 11.5. The summed E-state index contributed by atoms with van der Waals surface area (Å²) >= 11 is 0. The Bertz CT molecular complexity index is 435. The van der Waals surface area contributed by atoms with Crippen molar-refractivity contribution in [1.82, 2.24) is 4.90 Å². The third kappa shape index (κ3) is 4.30. The smallest absolute Gasteiger partial charge is 0.423 e. The Kier molecular flexibility index (Phi) is 4.60. The van der Waals surface area contributed by atoms with Gasteiger partial charge >= 0.3 is 7.12 Å². The van der Waals surface area contributed by atoms with Crippen LogP contribution in [0.5, 0.6) is 0 Å². The summed E-state index contributed by atoms with van der Waals surface area (Å²) in [5.41, 5.74) is 1.02. The topological polar surface area (TPSA) is 43.7 Å². The van der Waals surface area contributed by atoms with E-state index in [-0.39, 0.29) is 5.46 Å². The standard InChI is InChI=1S/C14H21BFNO2/c1-10(2)8-17(14-3-4-14)9-11-5-12(15(18)19)7-13(16)6-11/h5-7,10,14,18-19H,3-4,8-9H2,1-2H3. The molecule has 0 atom stereocenters. The molecule has 2 rings (SSSR count). The first-order valence-electron chi connectivity index (χ1n) is 6.85. The van der Waals surface area contributed by atoms with Gasteiger partial charge in [-0.1, -0.05) is 19.9 Å². The second-order valence-electron chi connectivity index (χ2n) is 5.82. The van der Waals surface area contributed by atoms with E-state index in [0.717, 1.165) is 18.2 Å². The Hall–Kier alpha value is -0.905. The highest BCUT2D eigenvalue weighted by molar-refractivity contribution is 6.58. The molecule has 1 aromatic carbocycles. The van der Waals surface area contributed by atoms with E-state index < -0.39 is 12.9 Å². The van der Waals surface area contributed by atoms with E-state index in [4.69, 9.17) is 10.0 Å². The molecule has 3 nitrogen and oxygen atoms in total. The van der Waals surface area contributed by atoms with Crippen LogP contribution in [0.2, 0.25) is 0 Å². The van der Waals surface area contributed by atoms with Crippen LogP contribution in [0.3, 0.4) is 0 Å². The molecule has 1 aromatic rings. The van der Waals surface area contributed by atoms with Crippen molar-refractivity contribution in [1.29, 1.82) is 0 Å². The van der Waals surface area contributed by atoms with Crippen molar-refractivity contribution in [2.75, 3.05) is 6.54 Å². The molecule has 1 aliphatic carbocycles. The number of nitrogens with zero attached hydrogens (tertiary/aromatic N) is 1. The third-order valence-corrected chi connectivity index (χ3v) is 3.33. The lowest BCUT2D eigenvalue weighted by Crippen LogP contribution is -2.33. The summed E-state index contributed by atoms with van der Waals surface area (Å²) in [6.07, 6.45) is 2.41. The van der Waals surface area contributed by atoms with Crippen LogP contribution in [0, 0.1) is 11.7 Å². The van der Waals surface area contributed by atoms with E-state index in [0.29, 0.717) is 18.5 Å². The molecule has 0 bridgehead atoms. The fraction of sp³-hybridized carbons (Fsp3) is 0.571. The summed E-state index contributed by atoms with van der Waals surface area (Å²) < 4.78 is 13.5. The van der Waals surface area contributed by atoms with Crippen molar-refractivity contribution in [2.45, 2.75) is 39.3 Å². The molecule has 0 saturated heterocycles. The first-order valence-corrected chi connectivity index (χ1v) is 6.85. The van der Waals surface area contributed by atoms with Gasteiger partial charge in [-0.3, -0.25) is 4.90 Å². The molecule has 2 N–H and O–H groups in total. The average molecular weight is 265 g/mol. The molecule has 0 unspecified atom stereocenters. The van der Waals surface area contributed by atoms with E-state index in [1.807, 2.05) is 0 Å². The summed E-state index contributed by atoms with van der Waals surface area (Å²) in [5.74, 6) is 0.151. The fourth-order valence-corrected chi connectivity index (χ4v) is 2.40. The predicted octanol–water partition coefficient (Wildman–Crippen LogP) is 1.13. The molecular formula is C14H21BFNO2. The number of halogens is 1. The van der Waals surface area contributed by atoms with Gasteiger partial charge in [-0.05, 0) is 41.9 Å². The molecule has 0 amide bonds. The van der Waals surface area contributed by atoms with Crippen LogP contribution in [0.4, 0.5) is 4.39 Å². The van der Waals surface area contributed by atoms with Crippen molar-refractivity contribution in [3.05, 3.63) is 29.6 Å². The molecule has 19 heavy (non-hydrogen) atoms. The number of benzene rings is 1. The minimum absolute atomic E-state index is 0.218. The Balaban J connectivity index is 2.11. The first-order chi connectivity index (χ1) is 8.95. The Labute approximate surface area is 114 Å². The zero-order valence-electron chi connectivity index (χ0n) is 11.5. The van der Waals surface area contributed by atoms with Gasteiger partial charge in [0, 0.05) is 19.1 Å². The number of rotatable bonds is 6. The molecular weight excluding hydrogens is 244 g/mol. The lowest BCUT2D eigenvalue weighted by atomic mass is 9.79. The van der Waals surface area contributed by atoms with Crippen LogP contribution in [0.1, 0.15) is 32.3 Å². The summed E-state index contributed by atoms with van der Waals surface area (Å²) in [6.45, 7) is 5.99. The van der Waals surface area contributed by atoms with E-state index in [9.17, 15) is 4.39 Å². The summed E-state index contributed by atoms with van der Waals surface area (Å²) in [5, 5.41) is 18.3. The second kappa shape index (κ2) is 6.03. The average Bonchev–Trinajstić information content (AvgIpc) is 3.10. The van der Waals surface area contributed by atoms with Gasteiger partial charge in [0.2, 0.25) is 0 Å². The summed E-state index contributed by atoms with van der Waals surface area (Å²) in [4.78, 5) is 2.35. The highest BCUT2D eigenvalue weighted by atomic mass is 19.1. The number of hydrogen-bond donors (Lipinski definition) is 2. The maximum atomic E-state index is 13.5. The Morgan fingerprint density at radius 3 is 2.53 bits per heavy atom. The van der Waals surface area contributed by atoms with E-state index in [2.05, 4.69) is 18.7 Å². The van der Waals surface area contributed by atoms with Crippen molar-refractivity contribution in [3.63, 3.8) is 0 Å². The Morgan fingerprint density at radius 1 is 1.32 bits per heavy atom. The first kappa shape index (κ1) is 14.5. The maximum Gasteiger partial charge on any atom is 0.488 e. The second-order valence-corrected chi connectivity index (χ2v) is 5.82. The predicted molar refractivity (Wildman–Crippen MR) is 74.5 cm³/mol. The molecule has 1 fully saturated rings. The lowest BCUT2D eigenvalue weighted by molar-refractivity contribution is 0.226. The molecule has 0 aliphatic heterocycles. The molecule has 104 valence electrons. The van der Waals surface area contributed by atoms with Crippen LogP contribution in [0.15, 0.2) is 18.2 Å². The van der Waals surface area contributed by atoms with Crippen LogP contribution in [-0.4, -0.2) is 34.7 Å². The van der Waals surface area contributed by atoms with Crippen LogP contribution in [-0.2, 0) is 6.54 Å². The zero-order chi connectivity index (χ0) is 14.0. The highest BCUT2D eigenvalue weighted by Gasteiger charge is 2.29. The van der Waals surface area contributed by atoms with E-state index >= 15 is 0 Å². The van der Waals surface area contributed by atoms with Crippen LogP contribution >= 0.6 is 0 Å². The van der Waals surface area contributed by atoms with Gasteiger partial charge in [-0.2, -0.15) is 0 Å². The Morgan fingerprint density at radius 2 is 2.00 bits per heavy atom. The quantitative estimate of drug-likeness (QED) is 0.758. The highest BCUT2D eigenvalue weighted by Crippen LogP contribution is 2.29. The molecule has 5 heteroatoms. The summed E-state index contributed by atoms with van der Waals surface area (Å²) in [7, 11) is -1.62. The minimum Gasteiger partial charge on any atom is -0.423 e. The fourth-order valence-electron chi connectivity index (χ4n) is 2.40. The van der Waals surface area contributed by atoms with E-state index in [1.54, 1.807) is 6.07 Å². The van der Waals surface area contributed by atoms with Crippen molar-refractivity contribution < 1.29 is 14.4 Å². The lowest BCUT2D eigenvalue weighted by Gasteiger charge is -2.24. The SMILES string of the molecule is CC(C)CN(Cc1cc(F)cc(B(O)O)c1)C1CC1. The number of hydrogen-bond acceptors (Lipinski definition) is 3. The van der Waals surface area contributed by atoms with Gasteiger partial charge in [0.1, 0.15) is 5.82 Å². The van der Waals surface area contributed by atoms with Crippen molar-refractivity contribution in [2.24, 2.45) is 5.92 Å². The molecule has 1 aliphatic rings. The largest absolute Gasteiger partial charge is 0.488 e. The molecule has 1 saturated carbocycles. The van der Waals surface area contributed by atoms with Crippen LogP contribution < -0.4 is 5.46 Å².